The van der Waals surface area contributed by atoms with Crippen molar-refractivity contribution in [3.8, 4) is 0 Å². The highest BCUT2D eigenvalue weighted by molar-refractivity contribution is 5.81. The Morgan fingerprint density at radius 3 is 2.74 bits per heavy atom. The first kappa shape index (κ1) is 16.4. The average Bonchev–Trinajstić information content (AvgIpc) is 2.59. The molecule has 0 unspecified atom stereocenters. The van der Waals surface area contributed by atoms with E-state index >= 15 is 0 Å². The van der Waals surface area contributed by atoms with Crippen LogP contribution in [0.4, 0.5) is 4.39 Å². The van der Waals surface area contributed by atoms with E-state index in [9.17, 15) is 9.18 Å². The minimum absolute atomic E-state index is 0.0859. The number of carbonyl (C=O) groups excluding carboxylic acids is 1. The second kappa shape index (κ2) is 7.86. The second-order valence-electron chi connectivity index (χ2n) is 6.08. The largest absolute Gasteiger partial charge is 0.376 e. The van der Waals surface area contributed by atoms with Crippen molar-refractivity contribution in [3.05, 3.63) is 35.6 Å². The minimum Gasteiger partial charge on any atom is -0.376 e. The third-order valence-electron chi connectivity index (χ3n) is 4.39. The fourth-order valence-electron chi connectivity index (χ4n) is 3.04. The quantitative estimate of drug-likeness (QED) is 0.908. The van der Waals surface area contributed by atoms with Crippen LogP contribution in [0.1, 0.15) is 18.4 Å². The standard InChI is InChI=1S/C17H23FN2O3/c18-15-4-2-1-3-13(15)11-20-7-5-14(6-8-20)19-17(21)16-12-22-9-10-23-16/h1-4,14,16H,5-12H2,(H,19,21)/t16-/m0/s1. The molecule has 3 rings (SSSR count). The van der Waals surface area contributed by atoms with E-state index in [2.05, 4.69) is 10.2 Å². The van der Waals surface area contributed by atoms with Crippen molar-refractivity contribution in [3.63, 3.8) is 0 Å². The Kier molecular flexibility index (Phi) is 5.59. The molecule has 2 heterocycles. The van der Waals surface area contributed by atoms with Gasteiger partial charge >= 0.3 is 0 Å². The van der Waals surface area contributed by atoms with Gasteiger partial charge in [-0.1, -0.05) is 18.2 Å². The van der Waals surface area contributed by atoms with Gasteiger partial charge in [-0.2, -0.15) is 0 Å². The van der Waals surface area contributed by atoms with Crippen molar-refractivity contribution in [1.29, 1.82) is 0 Å². The van der Waals surface area contributed by atoms with Gasteiger partial charge in [0, 0.05) is 31.2 Å². The molecule has 6 heteroatoms. The molecule has 2 saturated heterocycles. The molecule has 1 N–H and O–H groups in total. The molecule has 0 radical (unpaired) electrons. The number of nitrogens with zero attached hydrogens (tertiary/aromatic N) is 1. The number of likely N-dealkylation sites (tertiary alicyclic amines) is 1. The highest BCUT2D eigenvalue weighted by Crippen LogP contribution is 2.16. The van der Waals surface area contributed by atoms with Crippen LogP contribution >= 0.6 is 0 Å². The predicted octanol–water partition coefficient (Wildman–Crippen LogP) is 1.32. The lowest BCUT2D eigenvalue weighted by molar-refractivity contribution is -0.148. The molecule has 1 atom stereocenters. The van der Waals surface area contributed by atoms with Gasteiger partial charge in [-0.15, -0.1) is 0 Å². The molecule has 5 nitrogen and oxygen atoms in total. The summed E-state index contributed by atoms with van der Waals surface area (Å²) >= 11 is 0. The van der Waals surface area contributed by atoms with E-state index in [0.29, 0.717) is 26.4 Å². The minimum atomic E-state index is -0.486. The molecular formula is C17H23FN2O3. The summed E-state index contributed by atoms with van der Waals surface area (Å²) < 4.78 is 24.4. The molecule has 2 fully saturated rings. The maximum Gasteiger partial charge on any atom is 0.251 e. The van der Waals surface area contributed by atoms with Gasteiger partial charge in [0.15, 0.2) is 6.10 Å². The van der Waals surface area contributed by atoms with Crippen molar-refractivity contribution < 1.29 is 18.7 Å². The van der Waals surface area contributed by atoms with Crippen LogP contribution in [0.2, 0.25) is 0 Å². The highest BCUT2D eigenvalue weighted by Gasteiger charge is 2.27. The van der Waals surface area contributed by atoms with E-state index in [1.54, 1.807) is 6.07 Å². The Morgan fingerprint density at radius 2 is 2.04 bits per heavy atom. The normalized spacial score (nSPS) is 23.6. The smallest absolute Gasteiger partial charge is 0.251 e. The van der Waals surface area contributed by atoms with Crippen LogP contribution in [0.15, 0.2) is 24.3 Å². The van der Waals surface area contributed by atoms with Crippen molar-refractivity contribution in [2.75, 3.05) is 32.9 Å². The van der Waals surface area contributed by atoms with Gasteiger partial charge in [-0.05, 0) is 18.9 Å². The second-order valence-corrected chi connectivity index (χ2v) is 6.08. The van der Waals surface area contributed by atoms with Crippen LogP contribution in [0.3, 0.4) is 0 Å². The molecule has 0 aromatic heterocycles. The lowest BCUT2D eigenvalue weighted by Gasteiger charge is -2.33. The Labute approximate surface area is 135 Å². The summed E-state index contributed by atoms with van der Waals surface area (Å²) in [6.07, 6.45) is 1.25. The van der Waals surface area contributed by atoms with Crippen molar-refractivity contribution in [1.82, 2.24) is 10.2 Å². The monoisotopic (exact) mass is 322 g/mol. The summed E-state index contributed by atoms with van der Waals surface area (Å²) in [6.45, 7) is 3.67. The molecule has 0 saturated carbocycles. The number of rotatable bonds is 4. The fraction of sp³-hybridized carbons (Fsp3) is 0.588. The molecule has 2 aliphatic heterocycles. The van der Waals surface area contributed by atoms with Gasteiger partial charge in [-0.3, -0.25) is 9.69 Å². The third-order valence-corrected chi connectivity index (χ3v) is 4.39. The molecule has 0 bridgehead atoms. The van der Waals surface area contributed by atoms with Crippen molar-refractivity contribution in [2.45, 2.75) is 31.5 Å². The first-order chi connectivity index (χ1) is 11.2. The molecular weight excluding hydrogens is 299 g/mol. The summed E-state index contributed by atoms with van der Waals surface area (Å²) in [5, 5.41) is 3.04. The molecule has 1 aromatic carbocycles. The number of ether oxygens (including phenoxy) is 2. The molecule has 0 spiro atoms. The Hall–Kier alpha value is -1.50. The lowest BCUT2D eigenvalue weighted by Crippen LogP contribution is -2.50. The summed E-state index contributed by atoms with van der Waals surface area (Å²) in [6, 6.07) is 7.04. The summed E-state index contributed by atoms with van der Waals surface area (Å²) in [4.78, 5) is 14.3. The number of hydrogen-bond acceptors (Lipinski definition) is 4. The number of nitrogens with one attached hydrogen (secondary N) is 1. The highest BCUT2D eigenvalue weighted by atomic mass is 19.1. The van der Waals surface area contributed by atoms with E-state index in [-0.39, 0.29) is 17.8 Å². The Balaban J connectivity index is 1.43. The zero-order valence-corrected chi connectivity index (χ0v) is 13.2. The van der Waals surface area contributed by atoms with E-state index in [0.717, 1.165) is 31.5 Å². The number of piperidine rings is 1. The van der Waals surface area contributed by atoms with Gasteiger partial charge < -0.3 is 14.8 Å². The zero-order chi connectivity index (χ0) is 16.1. The maximum absolute atomic E-state index is 13.7. The van der Waals surface area contributed by atoms with Gasteiger partial charge in [0.1, 0.15) is 5.82 Å². The third kappa shape index (κ3) is 4.50. The van der Waals surface area contributed by atoms with Crippen LogP contribution < -0.4 is 5.32 Å². The first-order valence-electron chi connectivity index (χ1n) is 8.18. The number of amides is 1. The number of halogens is 1. The first-order valence-corrected chi connectivity index (χ1v) is 8.18. The van der Waals surface area contributed by atoms with E-state index in [4.69, 9.17) is 9.47 Å². The van der Waals surface area contributed by atoms with Crippen LogP contribution in [0.5, 0.6) is 0 Å². The van der Waals surface area contributed by atoms with Gasteiger partial charge in [0.25, 0.3) is 5.91 Å². The van der Waals surface area contributed by atoms with Gasteiger partial charge in [-0.25, -0.2) is 4.39 Å². The van der Waals surface area contributed by atoms with Gasteiger partial charge in [0.05, 0.1) is 19.8 Å². The average molecular weight is 322 g/mol. The van der Waals surface area contributed by atoms with E-state index < -0.39 is 6.10 Å². The van der Waals surface area contributed by atoms with Crippen LogP contribution in [0.25, 0.3) is 0 Å². The maximum atomic E-state index is 13.7. The van der Waals surface area contributed by atoms with Crippen molar-refractivity contribution >= 4 is 5.91 Å². The van der Waals surface area contributed by atoms with Crippen molar-refractivity contribution in [2.24, 2.45) is 0 Å². The number of hydrogen-bond donors (Lipinski definition) is 1. The Bertz CT molecular complexity index is 526. The lowest BCUT2D eigenvalue weighted by atomic mass is 10.0. The molecule has 0 aliphatic carbocycles. The van der Waals surface area contributed by atoms with E-state index in [1.807, 2.05) is 12.1 Å². The summed E-state index contributed by atoms with van der Waals surface area (Å²) in [5.74, 6) is -0.241. The molecule has 2 aliphatic rings. The molecule has 1 amide bonds. The summed E-state index contributed by atoms with van der Waals surface area (Å²) in [5.41, 5.74) is 0.725. The predicted molar refractivity (Wildman–Crippen MR) is 83.4 cm³/mol. The molecule has 126 valence electrons. The number of benzene rings is 1. The van der Waals surface area contributed by atoms with Crippen LogP contribution in [-0.4, -0.2) is 55.9 Å². The topological polar surface area (TPSA) is 50.8 Å². The zero-order valence-electron chi connectivity index (χ0n) is 13.2. The summed E-state index contributed by atoms with van der Waals surface area (Å²) in [7, 11) is 0. The Morgan fingerprint density at radius 1 is 1.26 bits per heavy atom. The molecule has 1 aromatic rings. The fourth-order valence-corrected chi connectivity index (χ4v) is 3.04. The van der Waals surface area contributed by atoms with Crippen LogP contribution in [0, 0.1) is 5.82 Å². The molecule has 23 heavy (non-hydrogen) atoms. The SMILES string of the molecule is O=C(NC1CCN(Cc2ccccc2F)CC1)[C@@H]1COCCO1. The van der Waals surface area contributed by atoms with E-state index in [1.165, 1.54) is 6.07 Å². The van der Waals surface area contributed by atoms with Crippen LogP contribution in [-0.2, 0) is 20.8 Å². The number of carbonyl (C=O) groups is 1. The van der Waals surface area contributed by atoms with Gasteiger partial charge in [0.2, 0.25) is 0 Å².